The van der Waals surface area contributed by atoms with Gasteiger partial charge in [0.1, 0.15) is 11.0 Å². The lowest BCUT2D eigenvalue weighted by Crippen LogP contribution is -2.02. The zero-order valence-corrected chi connectivity index (χ0v) is 15.2. The van der Waals surface area contributed by atoms with Gasteiger partial charge in [0.05, 0.1) is 17.7 Å². The smallest absolute Gasteiger partial charge is 0.174 e. The quantitative estimate of drug-likeness (QED) is 0.492. The highest BCUT2D eigenvalue weighted by molar-refractivity contribution is 7.99. The molecule has 0 aliphatic carbocycles. The Hall–Kier alpha value is -2.50. The van der Waals surface area contributed by atoms with Gasteiger partial charge in [-0.25, -0.2) is 0 Å². The van der Waals surface area contributed by atoms with Crippen LogP contribution in [0.25, 0.3) is 27.9 Å². The van der Waals surface area contributed by atoms with Crippen molar-refractivity contribution in [3.05, 3.63) is 72.1 Å². The molecule has 1 aliphatic rings. The normalized spacial score (nSPS) is 17.2. The lowest BCUT2D eigenvalue weighted by atomic mass is 10.1. The summed E-state index contributed by atoms with van der Waals surface area (Å²) in [6, 6.07) is 18.8. The summed E-state index contributed by atoms with van der Waals surface area (Å²) in [7, 11) is 0. The summed E-state index contributed by atoms with van der Waals surface area (Å²) < 4.78 is 13.7. The van der Waals surface area contributed by atoms with E-state index < -0.39 is 0 Å². The largest absolute Gasteiger partial charge is 0.360 e. The predicted octanol–water partition coefficient (Wildman–Crippen LogP) is 5.36. The maximum absolute atomic E-state index is 5.85. The van der Waals surface area contributed by atoms with E-state index in [2.05, 4.69) is 71.4 Å². The fourth-order valence-electron chi connectivity index (χ4n) is 3.34. The van der Waals surface area contributed by atoms with Gasteiger partial charge in [0.2, 0.25) is 0 Å². The number of fused-ring (bicyclic) bond motifs is 1. The third kappa shape index (κ3) is 2.64. The molecule has 3 heterocycles. The van der Waals surface area contributed by atoms with Gasteiger partial charge in [-0.3, -0.25) is 0 Å². The van der Waals surface area contributed by atoms with Crippen LogP contribution in [0.2, 0.25) is 0 Å². The molecule has 0 spiro atoms. The van der Waals surface area contributed by atoms with Crippen molar-refractivity contribution in [3.63, 3.8) is 0 Å². The number of hydrogen-bond donors (Lipinski definition) is 0. The standard InChI is InChI=1S/C21H18N2O2S/c1-14-4-6-15(7-5-14)20-17-13-16(8-9-18(17)22-25-20)23-10-2-3-19(23)21-24-11-12-26-21/h2-10,13,21H,11-12H2,1H3. The van der Waals surface area contributed by atoms with Gasteiger partial charge in [-0.15, -0.1) is 11.8 Å². The second-order valence-corrected chi connectivity index (χ2v) is 7.63. The molecule has 0 bridgehead atoms. The van der Waals surface area contributed by atoms with Crippen LogP contribution < -0.4 is 0 Å². The first kappa shape index (κ1) is 15.7. The molecule has 0 amide bonds. The molecule has 2 aromatic heterocycles. The van der Waals surface area contributed by atoms with Crippen LogP contribution in [0.3, 0.4) is 0 Å². The average Bonchev–Trinajstić information content (AvgIpc) is 3.41. The Bertz CT molecular complexity index is 1060. The van der Waals surface area contributed by atoms with Gasteiger partial charge < -0.3 is 13.8 Å². The van der Waals surface area contributed by atoms with E-state index in [1.165, 1.54) is 11.3 Å². The Morgan fingerprint density at radius 2 is 2.00 bits per heavy atom. The van der Waals surface area contributed by atoms with E-state index in [1.54, 1.807) is 0 Å². The van der Waals surface area contributed by atoms with Crippen LogP contribution in [0.4, 0.5) is 0 Å². The number of nitrogens with zero attached hydrogens (tertiary/aromatic N) is 2. The Kier molecular flexibility index (Phi) is 3.84. The first-order chi connectivity index (χ1) is 12.8. The molecule has 5 heteroatoms. The van der Waals surface area contributed by atoms with Crippen molar-refractivity contribution in [2.45, 2.75) is 12.4 Å². The average molecular weight is 362 g/mol. The molecule has 130 valence electrons. The third-order valence-corrected chi connectivity index (χ3v) is 5.78. The van der Waals surface area contributed by atoms with Crippen molar-refractivity contribution >= 4 is 22.7 Å². The molecule has 2 aromatic carbocycles. The van der Waals surface area contributed by atoms with E-state index >= 15 is 0 Å². The lowest BCUT2D eigenvalue weighted by molar-refractivity contribution is 0.141. The molecule has 1 fully saturated rings. The topological polar surface area (TPSA) is 40.2 Å². The fourth-order valence-corrected chi connectivity index (χ4v) is 4.30. The molecule has 1 atom stereocenters. The zero-order valence-electron chi connectivity index (χ0n) is 14.4. The number of aromatic nitrogens is 2. The van der Waals surface area contributed by atoms with E-state index in [-0.39, 0.29) is 5.44 Å². The van der Waals surface area contributed by atoms with Crippen LogP contribution in [0.5, 0.6) is 0 Å². The maximum Gasteiger partial charge on any atom is 0.174 e. The Morgan fingerprint density at radius 3 is 2.81 bits per heavy atom. The van der Waals surface area contributed by atoms with Gasteiger partial charge >= 0.3 is 0 Å². The molecule has 1 unspecified atom stereocenters. The van der Waals surface area contributed by atoms with Gasteiger partial charge in [-0.1, -0.05) is 35.0 Å². The number of ether oxygens (including phenoxy) is 1. The molecule has 4 nitrogen and oxygen atoms in total. The Balaban J connectivity index is 1.61. The molecule has 0 radical (unpaired) electrons. The number of benzene rings is 2. The summed E-state index contributed by atoms with van der Waals surface area (Å²) in [6.07, 6.45) is 2.08. The summed E-state index contributed by atoms with van der Waals surface area (Å²) in [6.45, 7) is 2.89. The minimum Gasteiger partial charge on any atom is -0.360 e. The summed E-state index contributed by atoms with van der Waals surface area (Å²) >= 11 is 1.84. The van der Waals surface area contributed by atoms with Crippen molar-refractivity contribution in [1.82, 2.24) is 9.72 Å². The predicted molar refractivity (Wildman–Crippen MR) is 105 cm³/mol. The SMILES string of the molecule is Cc1ccc(-c2onc3ccc(-n4cccc4C4OCCS4)cc23)cc1. The number of rotatable bonds is 3. The summed E-state index contributed by atoms with van der Waals surface area (Å²) in [5, 5.41) is 5.25. The molecule has 5 rings (SSSR count). The van der Waals surface area contributed by atoms with Gasteiger partial charge in [0, 0.05) is 23.2 Å². The molecular formula is C21H18N2O2S. The van der Waals surface area contributed by atoms with Gasteiger partial charge in [-0.05, 0) is 37.3 Å². The van der Waals surface area contributed by atoms with Gasteiger partial charge in [0.15, 0.2) is 5.76 Å². The number of hydrogen-bond acceptors (Lipinski definition) is 4. The summed E-state index contributed by atoms with van der Waals surface area (Å²) in [5.41, 5.74) is 5.48. The zero-order chi connectivity index (χ0) is 17.5. The Labute approximate surface area is 155 Å². The van der Waals surface area contributed by atoms with Crippen LogP contribution >= 0.6 is 11.8 Å². The lowest BCUT2D eigenvalue weighted by Gasteiger charge is -2.14. The molecule has 26 heavy (non-hydrogen) atoms. The van der Waals surface area contributed by atoms with E-state index in [9.17, 15) is 0 Å². The van der Waals surface area contributed by atoms with Crippen molar-refractivity contribution in [2.75, 3.05) is 12.4 Å². The summed E-state index contributed by atoms with van der Waals surface area (Å²) in [5.74, 6) is 1.85. The molecule has 1 aliphatic heterocycles. The third-order valence-electron chi connectivity index (χ3n) is 4.70. The van der Waals surface area contributed by atoms with E-state index in [0.29, 0.717) is 0 Å². The van der Waals surface area contributed by atoms with Crippen LogP contribution in [-0.2, 0) is 4.74 Å². The second-order valence-electron chi connectivity index (χ2n) is 6.46. The minimum absolute atomic E-state index is 0.0970. The van der Waals surface area contributed by atoms with Crippen LogP contribution in [0, 0.1) is 6.92 Å². The van der Waals surface area contributed by atoms with Gasteiger partial charge in [-0.2, -0.15) is 0 Å². The molecule has 1 saturated heterocycles. The number of aryl methyl sites for hydroxylation is 1. The van der Waals surface area contributed by atoms with Crippen molar-refractivity contribution in [3.8, 4) is 17.0 Å². The first-order valence-electron chi connectivity index (χ1n) is 8.67. The molecule has 4 aromatic rings. The van der Waals surface area contributed by atoms with Crippen LogP contribution in [0.1, 0.15) is 16.7 Å². The van der Waals surface area contributed by atoms with Crippen molar-refractivity contribution in [2.24, 2.45) is 0 Å². The van der Waals surface area contributed by atoms with Crippen LogP contribution in [0.15, 0.2) is 65.3 Å². The highest BCUT2D eigenvalue weighted by atomic mass is 32.2. The fraction of sp³-hybridized carbons (Fsp3) is 0.190. The highest BCUT2D eigenvalue weighted by Crippen LogP contribution is 2.37. The van der Waals surface area contributed by atoms with Crippen molar-refractivity contribution < 1.29 is 9.26 Å². The molecular weight excluding hydrogens is 344 g/mol. The molecule has 0 saturated carbocycles. The summed E-state index contributed by atoms with van der Waals surface area (Å²) in [4.78, 5) is 0. The molecule has 0 N–H and O–H groups in total. The van der Waals surface area contributed by atoms with Crippen LogP contribution in [-0.4, -0.2) is 22.1 Å². The minimum atomic E-state index is 0.0970. The van der Waals surface area contributed by atoms with E-state index in [1.807, 2.05) is 17.8 Å². The van der Waals surface area contributed by atoms with Gasteiger partial charge in [0.25, 0.3) is 0 Å². The highest BCUT2D eigenvalue weighted by Gasteiger charge is 2.22. The number of thioether (sulfide) groups is 1. The second kappa shape index (κ2) is 6.34. The monoisotopic (exact) mass is 362 g/mol. The van der Waals surface area contributed by atoms with E-state index in [4.69, 9.17) is 9.26 Å². The Morgan fingerprint density at radius 1 is 1.12 bits per heavy atom. The first-order valence-corrected chi connectivity index (χ1v) is 9.72. The van der Waals surface area contributed by atoms with Crippen molar-refractivity contribution in [1.29, 1.82) is 0 Å². The van der Waals surface area contributed by atoms with E-state index in [0.717, 1.165) is 40.3 Å². The maximum atomic E-state index is 5.85.